The molecule has 0 bridgehead atoms. The molecule has 1 aromatic carbocycles. The second-order valence-electron chi connectivity index (χ2n) is 6.09. The molecule has 0 aromatic heterocycles. The molecule has 0 amide bonds. The molecule has 2 unspecified atom stereocenters. The fourth-order valence-corrected chi connectivity index (χ4v) is 4.06. The van der Waals surface area contributed by atoms with Gasteiger partial charge in [0.2, 0.25) is 0 Å². The molecular weight excluding hydrogens is 270 g/mol. The molecule has 1 saturated carbocycles. The first-order valence-corrected chi connectivity index (χ1v) is 7.90. The third-order valence-corrected chi connectivity index (χ3v) is 5.20. The highest BCUT2D eigenvalue weighted by atomic mass is 35.5. The summed E-state index contributed by atoms with van der Waals surface area (Å²) in [6.07, 6.45) is 6.83. The van der Waals surface area contributed by atoms with E-state index in [-0.39, 0.29) is 5.84 Å². The Morgan fingerprint density at radius 2 is 2.10 bits per heavy atom. The average molecular weight is 292 g/mol. The van der Waals surface area contributed by atoms with Crippen LogP contribution in [0, 0.1) is 11.3 Å². The summed E-state index contributed by atoms with van der Waals surface area (Å²) in [5, 5.41) is 8.19. The van der Waals surface area contributed by atoms with Crippen LogP contribution < -0.4 is 5.73 Å². The summed E-state index contributed by atoms with van der Waals surface area (Å²) in [6, 6.07) is 6.50. The van der Waals surface area contributed by atoms with Crippen molar-refractivity contribution in [3.63, 3.8) is 0 Å². The van der Waals surface area contributed by atoms with E-state index < -0.39 is 0 Å². The van der Waals surface area contributed by atoms with Crippen LogP contribution >= 0.6 is 11.6 Å². The van der Waals surface area contributed by atoms with Crippen LogP contribution in [0.5, 0.6) is 0 Å². The molecule has 1 aliphatic heterocycles. The van der Waals surface area contributed by atoms with Gasteiger partial charge in [-0.1, -0.05) is 30.2 Å². The van der Waals surface area contributed by atoms with Gasteiger partial charge in [0.1, 0.15) is 5.84 Å². The molecular formula is C16H22ClN3. The number of nitrogen functional groups attached to an aromatic ring is 1. The highest BCUT2D eigenvalue weighted by Crippen LogP contribution is 2.37. The van der Waals surface area contributed by atoms with Gasteiger partial charge < -0.3 is 5.73 Å². The Kier molecular flexibility index (Phi) is 3.99. The van der Waals surface area contributed by atoms with E-state index in [2.05, 4.69) is 4.90 Å². The molecule has 0 spiro atoms. The van der Waals surface area contributed by atoms with Crippen LogP contribution in [0.2, 0.25) is 5.02 Å². The SMILES string of the molecule is N=C(N)c1ccc(CN2CCCC3CCCC32)c(Cl)c1. The van der Waals surface area contributed by atoms with E-state index in [1.807, 2.05) is 18.2 Å². The molecule has 2 atom stereocenters. The normalized spacial score (nSPS) is 26.4. The Hall–Kier alpha value is -1.06. The summed E-state index contributed by atoms with van der Waals surface area (Å²) >= 11 is 6.36. The first-order chi connectivity index (χ1) is 9.65. The van der Waals surface area contributed by atoms with Gasteiger partial charge in [-0.2, -0.15) is 0 Å². The largest absolute Gasteiger partial charge is 0.384 e. The van der Waals surface area contributed by atoms with Gasteiger partial charge in [-0.25, -0.2) is 0 Å². The quantitative estimate of drug-likeness (QED) is 0.662. The summed E-state index contributed by atoms with van der Waals surface area (Å²) in [4.78, 5) is 2.61. The maximum atomic E-state index is 7.46. The molecule has 3 nitrogen and oxygen atoms in total. The summed E-state index contributed by atoms with van der Waals surface area (Å²) in [7, 11) is 0. The van der Waals surface area contributed by atoms with Gasteiger partial charge in [-0.3, -0.25) is 10.3 Å². The number of nitrogens with two attached hydrogens (primary N) is 1. The molecule has 2 aliphatic rings. The number of hydrogen-bond donors (Lipinski definition) is 2. The van der Waals surface area contributed by atoms with Crippen molar-refractivity contribution in [2.24, 2.45) is 11.7 Å². The van der Waals surface area contributed by atoms with Gasteiger partial charge in [0.25, 0.3) is 0 Å². The predicted molar refractivity (Wildman–Crippen MR) is 83.2 cm³/mol. The number of piperidine rings is 1. The fourth-order valence-electron chi connectivity index (χ4n) is 3.82. The van der Waals surface area contributed by atoms with Crippen molar-refractivity contribution < 1.29 is 0 Å². The lowest BCUT2D eigenvalue weighted by atomic mass is 9.91. The van der Waals surface area contributed by atoms with Gasteiger partial charge >= 0.3 is 0 Å². The van der Waals surface area contributed by atoms with Crippen molar-refractivity contribution in [3.05, 3.63) is 34.3 Å². The summed E-state index contributed by atoms with van der Waals surface area (Å²) in [5.74, 6) is 0.978. The molecule has 1 saturated heterocycles. The van der Waals surface area contributed by atoms with Gasteiger partial charge in [-0.05, 0) is 49.8 Å². The summed E-state index contributed by atoms with van der Waals surface area (Å²) < 4.78 is 0. The van der Waals surface area contributed by atoms with Crippen LogP contribution in [0.15, 0.2) is 18.2 Å². The van der Waals surface area contributed by atoms with Gasteiger partial charge in [-0.15, -0.1) is 0 Å². The van der Waals surface area contributed by atoms with Crippen LogP contribution in [0.4, 0.5) is 0 Å². The Morgan fingerprint density at radius 3 is 2.85 bits per heavy atom. The standard InChI is InChI=1S/C16H22ClN3/c17-14-9-12(16(18)19)6-7-13(14)10-20-8-2-4-11-3-1-5-15(11)20/h6-7,9,11,15H,1-5,8,10H2,(H3,18,19). The minimum absolute atomic E-state index is 0.0762. The van der Waals surface area contributed by atoms with E-state index >= 15 is 0 Å². The smallest absolute Gasteiger partial charge is 0.122 e. The highest BCUT2D eigenvalue weighted by molar-refractivity contribution is 6.31. The van der Waals surface area contributed by atoms with E-state index in [1.54, 1.807) is 0 Å². The van der Waals surface area contributed by atoms with Crippen molar-refractivity contribution in [1.29, 1.82) is 5.41 Å². The lowest BCUT2D eigenvalue weighted by Crippen LogP contribution is -2.41. The maximum Gasteiger partial charge on any atom is 0.122 e. The molecule has 1 heterocycles. The van der Waals surface area contributed by atoms with E-state index in [9.17, 15) is 0 Å². The van der Waals surface area contributed by atoms with Gasteiger partial charge in [0, 0.05) is 23.2 Å². The Bertz CT molecular complexity index is 514. The summed E-state index contributed by atoms with van der Waals surface area (Å²) in [5.41, 5.74) is 7.36. The Labute approximate surface area is 125 Å². The average Bonchev–Trinajstić information content (AvgIpc) is 2.90. The molecule has 2 fully saturated rings. The summed E-state index contributed by atoms with van der Waals surface area (Å²) in [6.45, 7) is 2.12. The second-order valence-corrected chi connectivity index (χ2v) is 6.50. The zero-order valence-electron chi connectivity index (χ0n) is 11.7. The number of fused-ring (bicyclic) bond motifs is 1. The monoisotopic (exact) mass is 291 g/mol. The first kappa shape index (κ1) is 13.9. The van der Waals surface area contributed by atoms with Crippen molar-refractivity contribution in [2.45, 2.75) is 44.7 Å². The number of benzene rings is 1. The molecule has 3 rings (SSSR count). The van der Waals surface area contributed by atoms with E-state index in [1.165, 1.54) is 38.6 Å². The number of hydrogen-bond acceptors (Lipinski definition) is 2. The van der Waals surface area contributed by atoms with Crippen LogP contribution in [-0.4, -0.2) is 23.3 Å². The van der Waals surface area contributed by atoms with Crippen molar-refractivity contribution >= 4 is 17.4 Å². The van der Waals surface area contributed by atoms with Gasteiger partial charge in [0.05, 0.1) is 0 Å². The third kappa shape index (κ3) is 2.70. The number of rotatable bonds is 3. The lowest BCUT2D eigenvalue weighted by Gasteiger charge is -2.38. The van der Waals surface area contributed by atoms with Crippen molar-refractivity contribution in [3.8, 4) is 0 Å². The second kappa shape index (κ2) is 5.74. The van der Waals surface area contributed by atoms with E-state index in [4.69, 9.17) is 22.7 Å². The predicted octanol–water partition coefficient (Wildman–Crippen LogP) is 3.39. The third-order valence-electron chi connectivity index (χ3n) is 4.85. The van der Waals surface area contributed by atoms with Crippen LogP contribution in [0.1, 0.15) is 43.2 Å². The lowest BCUT2D eigenvalue weighted by molar-refractivity contribution is 0.106. The van der Waals surface area contributed by atoms with Crippen LogP contribution in [-0.2, 0) is 6.54 Å². The first-order valence-electron chi connectivity index (χ1n) is 7.52. The Balaban J connectivity index is 1.75. The van der Waals surface area contributed by atoms with Gasteiger partial charge in [0.15, 0.2) is 0 Å². The molecule has 108 valence electrons. The highest BCUT2D eigenvalue weighted by Gasteiger charge is 2.34. The minimum Gasteiger partial charge on any atom is -0.384 e. The number of halogens is 1. The molecule has 3 N–H and O–H groups in total. The van der Waals surface area contributed by atoms with E-state index in [0.717, 1.165) is 29.1 Å². The molecule has 1 aliphatic carbocycles. The minimum atomic E-state index is 0.0762. The Morgan fingerprint density at radius 1 is 1.30 bits per heavy atom. The van der Waals surface area contributed by atoms with Crippen molar-refractivity contribution in [1.82, 2.24) is 4.90 Å². The zero-order chi connectivity index (χ0) is 14.1. The fraction of sp³-hybridized carbons (Fsp3) is 0.562. The number of nitrogens with zero attached hydrogens (tertiary/aromatic N) is 1. The molecule has 1 aromatic rings. The number of likely N-dealkylation sites (tertiary alicyclic amines) is 1. The molecule has 4 heteroatoms. The number of amidine groups is 1. The zero-order valence-corrected chi connectivity index (χ0v) is 12.5. The molecule has 20 heavy (non-hydrogen) atoms. The maximum absolute atomic E-state index is 7.46. The van der Waals surface area contributed by atoms with Crippen molar-refractivity contribution in [2.75, 3.05) is 6.54 Å². The van der Waals surface area contributed by atoms with E-state index in [0.29, 0.717) is 5.56 Å². The van der Waals surface area contributed by atoms with Crippen LogP contribution in [0.3, 0.4) is 0 Å². The molecule has 0 radical (unpaired) electrons. The topological polar surface area (TPSA) is 53.1 Å². The van der Waals surface area contributed by atoms with Crippen LogP contribution in [0.25, 0.3) is 0 Å². The number of nitrogens with one attached hydrogen (secondary N) is 1.